The zero-order chi connectivity index (χ0) is 15.7. The van der Waals surface area contributed by atoms with Crippen LogP contribution in [0, 0.1) is 5.92 Å². The molecule has 124 valence electrons. The van der Waals surface area contributed by atoms with Gasteiger partial charge in [0.15, 0.2) is 5.96 Å². The summed E-state index contributed by atoms with van der Waals surface area (Å²) in [7, 11) is 2.12. The van der Waals surface area contributed by atoms with Gasteiger partial charge in [-0.1, -0.05) is 6.92 Å². The topological polar surface area (TPSA) is 40.1 Å². The van der Waals surface area contributed by atoms with Gasteiger partial charge in [-0.3, -0.25) is 9.89 Å². The number of ether oxygens (including phenoxy) is 1. The molecule has 5 heteroatoms. The normalized spacial score (nSPS) is 19.6. The van der Waals surface area contributed by atoms with Gasteiger partial charge in [0, 0.05) is 45.2 Å². The lowest BCUT2D eigenvalue weighted by Crippen LogP contribution is -2.42. The lowest BCUT2D eigenvalue weighted by molar-refractivity contribution is 0.181. The Bertz CT molecular complexity index is 301. The van der Waals surface area contributed by atoms with Crippen LogP contribution in [0.3, 0.4) is 0 Å². The van der Waals surface area contributed by atoms with E-state index >= 15 is 0 Å². The third kappa shape index (κ3) is 6.66. The maximum atomic E-state index is 5.46. The molecule has 1 unspecified atom stereocenters. The largest absolute Gasteiger partial charge is 0.381 e. The fourth-order valence-electron chi connectivity index (χ4n) is 2.74. The SMILES string of the molecule is CCNC(=NCCN(CC)C(C)C)N(C)CC1CCOC1. The Morgan fingerprint density at radius 2 is 2.14 bits per heavy atom. The van der Waals surface area contributed by atoms with E-state index in [1.807, 2.05) is 0 Å². The molecule has 21 heavy (non-hydrogen) atoms. The lowest BCUT2D eigenvalue weighted by atomic mass is 10.1. The van der Waals surface area contributed by atoms with Gasteiger partial charge in [0.1, 0.15) is 0 Å². The Morgan fingerprint density at radius 1 is 1.38 bits per heavy atom. The van der Waals surface area contributed by atoms with Gasteiger partial charge < -0.3 is 15.0 Å². The maximum Gasteiger partial charge on any atom is 0.193 e. The van der Waals surface area contributed by atoms with Crippen LogP contribution in [0.4, 0.5) is 0 Å². The molecule has 0 saturated carbocycles. The van der Waals surface area contributed by atoms with E-state index in [2.05, 4.69) is 49.9 Å². The van der Waals surface area contributed by atoms with Gasteiger partial charge in [-0.05, 0) is 33.7 Å². The monoisotopic (exact) mass is 298 g/mol. The highest BCUT2D eigenvalue weighted by atomic mass is 16.5. The molecule has 0 radical (unpaired) electrons. The molecule has 1 saturated heterocycles. The average Bonchev–Trinajstić information content (AvgIpc) is 2.94. The van der Waals surface area contributed by atoms with Gasteiger partial charge in [-0.15, -0.1) is 0 Å². The van der Waals surface area contributed by atoms with E-state index in [-0.39, 0.29) is 0 Å². The number of hydrogen-bond acceptors (Lipinski definition) is 3. The number of likely N-dealkylation sites (N-methyl/N-ethyl adjacent to an activating group) is 1. The molecule has 1 N–H and O–H groups in total. The van der Waals surface area contributed by atoms with Crippen LogP contribution in [0.15, 0.2) is 4.99 Å². The molecule has 5 nitrogen and oxygen atoms in total. The summed E-state index contributed by atoms with van der Waals surface area (Å²) < 4.78 is 5.46. The first-order chi connectivity index (χ1) is 10.1. The minimum absolute atomic E-state index is 0.584. The summed E-state index contributed by atoms with van der Waals surface area (Å²) in [5.41, 5.74) is 0. The standard InChI is InChI=1S/C16H34N4O/c1-6-17-16(18-9-10-20(7-2)14(3)4)19(5)12-15-8-11-21-13-15/h14-15H,6-13H2,1-5H3,(H,17,18). The molecule has 1 aliphatic rings. The van der Waals surface area contributed by atoms with Crippen LogP contribution in [-0.4, -0.2) is 74.8 Å². The predicted octanol–water partition coefficient (Wildman–Crippen LogP) is 1.65. The second-order valence-corrected chi connectivity index (χ2v) is 6.07. The van der Waals surface area contributed by atoms with E-state index in [9.17, 15) is 0 Å². The van der Waals surface area contributed by atoms with Crippen LogP contribution in [0.2, 0.25) is 0 Å². The van der Waals surface area contributed by atoms with Crippen molar-refractivity contribution in [3.8, 4) is 0 Å². The van der Waals surface area contributed by atoms with Crippen molar-refractivity contribution in [2.45, 2.75) is 40.2 Å². The zero-order valence-electron chi connectivity index (χ0n) is 14.6. The molecule has 1 aliphatic heterocycles. The van der Waals surface area contributed by atoms with Crippen molar-refractivity contribution in [1.82, 2.24) is 15.1 Å². The van der Waals surface area contributed by atoms with E-state index in [0.29, 0.717) is 12.0 Å². The van der Waals surface area contributed by atoms with Gasteiger partial charge >= 0.3 is 0 Å². The number of guanidine groups is 1. The summed E-state index contributed by atoms with van der Waals surface area (Å²) >= 11 is 0. The molecule has 0 aromatic heterocycles. The molecular formula is C16H34N4O. The molecule has 1 fully saturated rings. The Morgan fingerprint density at radius 3 is 2.67 bits per heavy atom. The number of nitrogens with zero attached hydrogens (tertiary/aromatic N) is 3. The van der Waals surface area contributed by atoms with Gasteiger partial charge in [-0.2, -0.15) is 0 Å². The Balaban J connectivity index is 2.47. The predicted molar refractivity (Wildman–Crippen MR) is 89.9 cm³/mol. The van der Waals surface area contributed by atoms with E-state index < -0.39 is 0 Å². The first-order valence-corrected chi connectivity index (χ1v) is 8.39. The van der Waals surface area contributed by atoms with Gasteiger partial charge in [0.05, 0.1) is 13.2 Å². The quantitative estimate of drug-likeness (QED) is 0.546. The fraction of sp³-hybridized carbons (Fsp3) is 0.938. The van der Waals surface area contributed by atoms with E-state index in [1.165, 1.54) is 6.42 Å². The first kappa shape index (κ1) is 18.2. The first-order valence-electron chi connectivity index (χ1n) is 8.39. The van der Waals surface area contributed by atoms with Crippen LogP contribution in [0.25, 0.3) is 0 Å². The highest BCUT2D eigenvalue weighted by molar-refractivity contribution is 5.79. The molecule has 0 aromatic carbocycles. The van der Waals surface area contributed by atoms with Crippen molar-refractivity contribution in [2.24, 2.45) is 10.9 Å². The molecule has 1 rings (SSSR count). The van der Waals surface area contributed by atoms with Gasteiger partial charge in [-0.25, -0.2) is 0 Å². The Labute approximate surface area is 130 Å². The van der Waals surface area contributed by atoms with Crippen molar-refractivity contribution in [2.75, 3.05) is 53.0 Å². The van der Waals surface area contributed by atoms with E-state index in [4.69, 9.17) is 9.73 Å². The molecule has 0 spiro atoms. The molecule has 0 bridgehead atoms. The molecule has 0 amide bonds. The van der Waals surface area contributed by atoms with Crippen molar-refractivity contribution in [3.05, 3.63) is 0 Å². The van der Waals surface area contributed by atoms with Crippen LogP contribution in [0.1, 0.15) is 34.1 Å². The molecule has 0 aliphatic carbocycles. The third-order valence-electron chi connectivity index (χ3n) is 4.04. The summed E-state index contributed by atoms with van der Waals surface area (Å²) in [6.07, 6.45) is 1.17. The summed E-state index contributed by atoms with van der Waals surface area (Å²) in [5.74, 6) is 1.66. The van der Waals surface area contributed by atoms with Gasteiger partial charge in [0.25, 0.3) is 0 Å². The lowest BCUT2D eigenvalue weighted by Gasteiger charge is -2.26. The summed E-state index contributed by atoms with van der Waals surface area (Å²) in [6, 6.07) is 0.584. The van der Waals surface area contributed by atoms with Gasteiger partial charge in [0.2, 0.25) is 0 Å². The van der Waals surface area contributed by atoms with Crippen molar-refractivity contribution in [1.29, 1.82) is 0 Å². The molecule has 1 atom stereocenters. The number of rotatable bonds is 8. The van der Waals surface area contributed by atoms with Crippen LogP contribution >= 0.6 is 0 Å². The fourth-order valence-corrected chi connectivity index (χ4v) is 2.74. The Hall–Kier alpha value is -0.810. The number of hydrogen-bond donors (Lipinski definition) is 1. The summed E-state index contributed by atoms with van der Waals surface area (Å²) in [6.45, 7) is 15.5. The van der Waals surface area contributed by atoms with E-state index in [0.717, 1.165) is 51.9 Å². The minimum atomic E-state index is 0.584. The van der Waals surface area contributed by atoms with Crippen molar-refractivity contribution in [3.63, 3.8) is 0 Å². The number of aliphatic imine (C=N–C) groups is 1. The molecule has 0 aromatic rings. The van der Waals surface area contributed by atoms with Crippen molar-refractivity contribution < 1.29 is 4.74 Å². The highest BCUT2D eigenvalue weighted by Crippen LogP contribution is 2.13. The minimum Gasteiger partial charge on any atom is -0.381 e. The second kappa shape index (κ2) is 10.0. The van der Waals surface area contributed by atoms with Crippen LogP contribution in [0.5, 0.6) is 0 Å². The second-order valence-electron chi connectivity index (χ2n) is 6.07. The average molecular weight is 298 g/mol. The smallest absolute Gasteiger partial charge is 0.193 e. The van der Waals surface area contributed by atoms with Crippen LogP contribution < -0.4 is 5.32 Å². The maximum absolute atomic E-state index is 5.46. The summed E-state index contributed by atoms with van der Waals surface area (Å²) in [4.78, 5) is 9.46. The molecule has 1 heterocycles. The van der Waals surface area contributed by atoms with E-state index in [1.54, 1.807) is 0 Å². The molecular weight excluding hydrogens is 264 g/mol. The summed E-state index contributed by atoms with van der Waals surface area (Å²) in [5, 5.41) is 3.39. The zero-order valence-corrected chi connectivity index (χ0v) is 14.6. The highest BCUT2D eigenvalue weighted by Gasteiger charge is 2.19. The Kier molecular flexibility index (Phi) is 8.69. The van der Waals surface area contributed by atoms with Crippen LogP contribution in [-0.2, 0) is 4.74 Å². The number of nitrogens with one attached hydrogen (secondary N) is 1. The third-order valence-corrected chi connectivity index (χ3v) is 4.04. The van der Waals surface area contributed by atoms with Crippen molar-refractivity contribution >= 4 is 5.96 Å².